The number of nitrogens with one attached hydrogen (secondary N) is 1. The molecule has 0 saturated heterocycles. The van der Waals surface area contributed by atoms with Gasteiger partial charge in [-0.05, 0) is 19.8 Å². The van der Waals surface area contributed by atoms with E-state index in [9.17, 15) is 9.90 Å². The highest BCUT2D eigenvalue weighted by Crippen LogP contribution is 2.18. The van der Waals surface area contributed by atoms with Crippen molar-refractivity contribution in [2.24, 2.45) is 0 Å². The van der Waals surface area contributed by atoms with Crippen molar-refractivity contribution >= 4 is 5.91 Å². The van der Waals surface area contributed by atoms with Crippen molar-refractivity contribution in [2.75, 3.05) is 0 Å². The number of carbonyl (C=O) groups is 1. The number of nitrogens with zero attached hydrogens (tertiary/aromatic N) is 3. The lowest BCUT2D eigenvalue weighted by Crippen LogP contribution is -2.26. The van der Waals surface area contributed by atoms with Crippen LogP contribution in [0.2, 0.25) is 0 Å². The highest BCUT2D eigenvalue weighted by molar-refractivity contribution is 5.76. The zero-order valence-electron chi connectivity index (χ0n) is 9.26. The SMILES string of the molecule is CC(O)c1cn(CCC(=O)NC2CC2)nn1. The molecule has 16 heavy (non-hydrogen) atoms. The summed E-state index contributed by atoms with van der Waals surface area (Å²) in [5, 5.41) is 19.8. The molecule has 0 radical (unpaired) electrons. The zero-order chi connectivity index (χ0) is 11.5. The smallest absolute Gasteiger partial charge is 0.222 e. The molecule has 1 unspecified atom stereocenters. The topological polar surface area (TPSA) is 80.0 Å². The Bertz CT molecular complexity index is 371. The van der Waals surface area contributed by atoms with Crippen molar-refractivity contribution in [1.82, 2.24) is 20.3 Å². The summed E-state index contributed by atoms with van der Waals surface area (Å²) in [6, 6.07) is 0.399. The van der Waals surface area contributed by atoms with Gasteiger partial charge < -0.3 is 10.4 Å². The molecule has 1 aromatic heterocycles. The van der Waals surface area contributed by atoms with Crippen molar-refractivity contribution in [2.45, 2.75) is 44.9 Å². The highest BCUT2D eigenvalue weighted by Gasteiger charge is 2.22. The summed E-state index contributed by atoms with van der Waals surface area (Å²) >= 11 is 0. The number of carbonyl (C=O) groups excluding carboxylic acids is 1. The van der Waals surface area contributed by atoms with E-state index < -0.39 is 6.10 Å². The second-order valence-corrected chi connectivity index (χ2v) is 4.17. The minimum atomic E-state index is -0.617. The van der Waals surface area contributed by atoms with Crippen LogP contribution < -0.4 is 5.32 Å². The van der Waals surface area contributed by atoms with Crippen molar-refractivity contribution < 1.29 is 9.90 Å². The first kappa shape index (κ1) is 11.1. The molecule has 6 heteroatoms. The molecule has 88 valence electrons. The van der Waals surface area contributed by atoms with Crippen molar-refractivity contribution in [3.05, 3.63) is 11.9 Å². The van der Waals surface area contributed by atoms with Gasteiger partial charge in [0.25, 0.3) is 0 Å². The van der Waals surface area contributed by atoms with Crippen LogP contribution in [0.5, 0.6) is 0 Å². The molecule has 0 aliphatic heterocycles. The van der Waals surface area contributed by atoms with E-state index >= 15 is 0 Å². The van der Waals surface area contributed by atoms with Gasteiger partial charge in [0.05, 0.1) is 18.8 Å². The Morgan fingerprint density at radius 1 is 1.75 bits per heavy atom. The van der Waals surface area contributed by atoms with Gasteiger partial charge in [-0.3, -0.25) is 9.48 Å². The van der Waals surface area contributed by atoms with E-state index in [1.807, 2.05) is 0 Å². The fourth-order valence-electron chi connectivity index (χ4n) is 1.36. The Morgan fingerprint density at radius 2 is 2.50 bits per heavy atom. The second kappa shape index (κ2) is 4.61. The quantitative estimate of drug-likeness (QED) is 0.737. The molecule has 1 aromatic rings. The van der Waals surface area contributed by atoms with E-state index in [0.717, 1.165) is 12.8 Å². The summed E-state index contributed by atoms with van der Waals surface area (Å²) in [5.74, 6) is 0.0524. The van der Waals surface area contributed by atoms with Crippen molar-refractivity contribution in [3.8, 4) is 0 Å². The lowest BCUT2D eigenvalue weighted by Gasteiger charge is -2.02. The summed E-state index contributed by atoms with van der Waals surface area (Å²) < 4.78 is 1.58. The van der Waals surface area contributed by atoms with E-state index in [0.29, 0.717) is 24.7 Å². The van der Waals surface area contributed by atoms with Gasteiger partial charge in [-0.1, -0.05) is 5.21 Å². The summed E-state index contributed by atoms with van der Waals surface area (Å²) in [4.78, 5) is 11.4. The van der Waals surface area contributed by atoms with Gasteiger partial charge in [0.15, 0.2) is 0 Å². The Kier molecular flexibility index (Phi) is 3.19. The molecule has 1 aliphatic carbocycles. The summed E-state index contributed by atoms with van der Waals surface area (Å²) in [5.41, 5.74) is 0.530. The first-order valence-corrected chi connectivity index (χ1v) is 5.52. The van der Waals surface area contributed by atoms with E-state index in [2.05, 4.69) is 15.6 Å². The summed E-state index contributed by atoms with van der Waals surface area (Å²) in [6.07, 6.45) is 3.64. The van der Waals surface area contributed by atoms with Crippen LogP contribution in [0.3, 0.4) is 0 Å². The molecule has 1 atom stereocenters. The third kappa shape index (κ3) is 3.03. The predicted octanol–water partition coefficient (Wildman–Crippen LogP) is 0.0001000. The van der Waals surface area contributed by atoms with Crippen LogP contribution in [0.25, 0.3) is 0 Å². The minimum Gasteiger partial charge on any atom is -0.387 e. The second-order valence-electron chi connectivity index (χ2n) is 4.17. The third-order valence-electron chi connectivity index (χ3n) is 2.49. The van der Waals surface area contributed by atoms with Gasteiger partial charge in [0, 0.05) is 12.5 Å². The van der Waals surface area contributed by atoms with Crippen LogP contribution in [0.15, 0.2) is 6.20 Å². The number of amides is 1. The molecule has 0 bridgehead atoms. The van der Waals surface area contributed by atoms with Crippen LogP contribution in [0.4, 0.5) is 0 Å². The summed E-state index contributed by atoms with van der Waals surface area (Å²) in [6.45, 7) is 2.13. The number of aryl methyl sites for hydroxylation is 1. The molecule has 6 nitrogen and oxygen atoms in total. The largest absolute Gasteiger partial charge is 0.387 e. The van der Waals surface area contributed by atoms with Gasteiger partial charge in [0.1, 0.15) is 5.69 Å². The Hall–Kier alpha value is -1.43. The van der Waals surface area contributed by atoms with Crippen LogP contribution in [0, 0.1) is 0 Å². The fourth-order valence-corrected chi connectivity index (χ4v) is 1.36. The van der Waals surface area contributed by atoms with Crippen molar-refractivity contribution in [1.29, 1.82) is 0 Å². The highest BCUT2D eigenvalue weighted by atomic mass is 16.3. The zero-order valence-corrected chi connectivity index (χ0v) is 9.26. The molecule has 1 aliphatic rings. The average molecular weight is 224 g/mol. The van der Waals surface area contributed by atoms with E-state index in [4.69, 9.17) is 0 Å². The molecular weight excluding hydrogens is 208 g/mol. The Morgan fingerprint density at radius 3 is 3.06 bits per heavy atom. The minimum absolute atomic E-state index is 0.0524. The lowest BCUT2D eigenvalue weighted by atomic mass is 10.3. The van der Waals surface area contributed by atoms with Gasteiger partial charge in [-0.15, -0.1) is 5.10 Å². The predicted molar refractivity (Wildman–Crippen MR) is 56.4 cm³/mol. The maximum absolute atomic E-state index is 11.4. The first-order valence-electron chi connectivity index (χ1n) is 5.52. The molecular formula is C10H16N4O2. The number of aliphatic hydroxyl groups is 1. The standard InChI is InChI=1S/C10H16N4O2/c1-7(15)9-6-14(13-12-9)5-4-10(16)11-8-2-3-8/h6-8,15H,2-5H2,1H3,(H,11,16). The monoisotopic (exact) mass is 224 g/mol. The van der Waals surface area contributed by atoms with E-state index in [1.165, 1.54) is 0 Å². The molecule has 1 fully saturated rings. The molecule has 1 heterocycles. The first-order chi connectivity index (χ1) is 7.65. The van der Waals surface area contributed by atoms with Crippen molar-refractivity contribution in [3.63, 3.8) is 0 Å². The third-order valence-corrected chi connectivity index (χ3v) is 2.49. The number of aliphatic hydroxyl groups excluding tert-OH is 1. The molecule has 1 saturated carbocycles. The molecule has 0 spiro atoms. The fraction of sp³-hybridized carbons (Fsp3) is 0.700. The van der Waals surface area contributed by atoms with Gasteiger partial charge >= 0.3 is 0 Å². The number of hydrogen-bond donors (Lipinski definition) is 2. The molecule has 2 N–H and O–H groups in total. The lowest BCUT2D eigenvalue weighted by molar-refractivity contribution is -0.121. The van der Waals surface area contributed by atoms with Crippen LogP contribution in [-0.2, 0) is 11.3 Å². The summed E-state index contributed by atoms with van der Waals surface area (Å²) in [7, 11) is 0. The Balaban J connectivity index is 1.77. The van der Waals surface area contributed by atoms with Gasteiger partial charge in [-0.2, -0.15) is 0 Å². The van der Waals surface area contributed by atoms with Crippen LogP contribution in [0.1, 0.15) is 38.0 Å². The van der Waals surface area contributed by atoms with Crippen LogP contribution in [-0.4, -0.2) is 32.0 Å². The molecule has 2 rings (SSSR count). The van der Waals surface area contributed by atoms with Gasteiger partial charge in [-0.25, -0.2) is 0 Å². The number of hydrogen-bond acceptors (Lipinski definition) is 4. The maximum atomic E-state index is 11.4. The average Bonchev–Trinajstić information content (AvgIpc) is 2.91. The van der Waals surface area contributed by atoms with Gasteiger partial charge in [0.2, 0.25) is 5.91 Å². The van der Waals surface area contributed by atoms with E-state index in [1.54, 1.807) is 17.8 Å². The molecule has 1 amide bonds. The number of rotatable bonds is 5. The Labute approximate surface area is 93.6 Å². The maximum Gasteiger partial charge on any atom is 0.222 e. The van der Waals surface area contributed by atoms with Crippen LogP contribution >= 0.6 is 0 Å². The number of aromatic nitrogens is 3. The van der Waals surface area contributed by atoms with E-state index in [-0.39, 0.29) is 5.91 Å². The normalized spacial score (nSPS) is 17.1. The molecule has 0 aromatic carbocycles.